The molecule has 106 valence electrons. The molecule has 1 fully saturated rings. The molecule has 1 aliphatic rings. The lowest BCUT2D eigenvalue weighted by Crippen LogP contribution is -2.12. The fraction of sp³-hybridized carbons (Fsp3) is 0.333. The van der Waals surface area contributed by atoms with Crippen molar-refractivity contribution in [1.82, 2.24) is 15.0 Å². The van der Waals surface area contributed by atoms with Crippen molar-refractivity contribution in [2.45, 2.75) is 30.3 Å². The molecule has 3 rings (SSSR count). The van der Waals surface area contributed by atoms with Gasteiger partial charge in [0.25, 0.3) is 0 Å². The van der Waals surface area contributed by atoms with Crippen LogP contribution in [-0.2, 0) is 16.6 Å². The maximum Gasteiger partial charge on any atom is 0.238 e. The van der Waals surface area contributed by atoms with Gasteiger partial charge in [-0.15, -0.1) is 5.10 Å². The van der Waals surface area contributed by atoms with E-state index in [1.54, 1.807) is 16.8 Å². The summed E-state index contributed by atoms with van der Waals surface area (Å²) in [6.07, 6.45) is 2.10. The van der Waals surface area contributed by atoms with Crippen LogP contribution in [0.3, 0.4) is 0 Å². The van der Waals surface area contributed by atoms with Crippen LogP contribution >= 0.6 is 0 Å². The number of nitrogens with zero attached hydrogens (tertiary/aromatic N) is 3. The number of primary sulfonamides is 1. The Labute approximate surface area is 116 Å². The highest BCUT2D eigenvalue weighted by Crippen LogP contribution is 2.41. The minimum Gasteiger partial charge on any atom is -0.390 e. The Morgan fingerprint density at radius 1 is 1.30 bits per heavy atom. The van der Waals surface area contributed by atoms with Gasteiger partial charge in [-0.05, 0) is 37.1 Å². The SMILES string of the molecule is NS(=O)(=O)c1ccc(-n2nnc(CO)c2C2CC2)cc1. The van der Waals surface area contributed by atoms with Crippen molar-refractivity contribution >= 4 is 10.0 Å². The number of sulfonamides is 1. The maximum absolute atomic E-state index is 11.2. The van der Waals surface area contributed by atoms with E-state index in [1.807, 2.05) is 0 Å². The van der Waals surface area contributed by atoms with Crippen molar-refractivity contribution in [1.29, 1.82) is 0 Å². The maximum atomic E-state index is 11.2. The zero-order valence-corrected chi connectivity index (χ0v) is 11.4. The first-order valence-electron chi connectivity index (χ1n) is 6.19. The summed E-state index contributed by atoms with van der Waals surface area (Å²) in [5.41, 5.74) is 2.17. The fourth-order valence-corrected chi connectivity index (χ4v) is 2.68. The third kappa shape index (κ3) is 2.33. The molecule has 0 bridgehead atoms. The average Bonchev–Trinajstić information content (AvgIpc) is 3.17. The van der Waals surface area contributed by atoms with E-state index in [0.717, 1.165) is 18.5 Å². The molecule has 1 saturated carbocycles. The van der Waals surface area contributed by atoms with Gasteiger partial charge < -0.3 is 5.11 Å². The van der Waals surface area contributed by atoms with E-state index in [2.05, 4.69) is 10.3 Å². The largest absolute Gasteiger partial charge is 0.390 e. The molecule has 0 atom stereocenters. The molecular formula is C12H14N4O3S. The smallest absolute Gasteiger partial charge is 0.238 e. The summed E-state index contributed by atoms with van der Waals surface area (Å²) in [6, 6.07) is 6.12. The van der Waals surface area contributed by atoms with E-state index < -0.39 is 10.0 Å². The van der Waals surface area contributed by atoms with Crippen LogP contribution in [0.15, 0.2) is 29.2 Å². The van der Waals surface area contributed by atoms with Crippen LogP contribution in [0, 0.1) is 0 Å². The normalized spacial score (nSPS) is 15.5. The molecule has 1 aromatic carbocycles. The minimum atomic E-state index is -3.70. The number of aliphatic hydroxyl groups is 1. The molecule has 3 N–H and O–H groups in total. The number of hydrogen-bond acceptors (Lipinski definition) is 5. The van der Waals surface area contributed by atoms with Crippen LogP contribution in [0.25, 0.3) is 5.69 Å². The van der Waals surface area contributed by atoms with Gasteiger partial charge in [0.05, 0.1) is 22.9 Å². The third-order valence-electron chi connectivity index (χ3n) is 3.30. The Morgan fingerprint density at radius 2 is 1.95 bits per heavy atom. The minimum absolute atomic E-state index is 0.0525. The van der Waals surface area contributed by atoms with Gasteiger partial charge in [0.15, 0.2) is 0 Å². The number of nitrogens with two attached hydrogens (primary N) is 1. The van der Waals surface area contributed by atoms with Gasteiger partial charge in [-0.2, -0.15) is 0 Å². The van der Waals surface area contributed by atoms with Gasteiger partial charge in [0, 0.05) is 5.92 Å². The van der Waals surface area contributed by atoms with Gasteiger partial charge in [-0.3, -0.25) is 0 Å². The van der Waals surface area contributed by atoms with Gasteiger partial charge in [0.2, 0.25) is 10.0 Å². The van der Waals surface area contributed by atoms with Crippen LogP contribution in [0.5, 0.6) is 0 Å². The summed E-state index contributed by atoms with van der Waals surface area (Å²) >= 11 is 0. The Morgan fingerprint density at radius 3 is 2.45 bits per heavy atom. The third-order valence-corrected chi connectivity index (χ3v) is 4.23. The molecule has 7 nitrogen and oxygen atoms in total. The Hall–Kier alpha value is -1.77. The van der Waals surface area contributed by atoms with Gasteiger partial charge in [0.1, 0.15) is 5.69 Å². The Balaban J connectivity index is 2.03. The van der Waals surface area contributed by atoms with Gasteiger partial charge >= 0.3 is 0 Å². The Bertz CT molecular complexity index is 733. The van der Waals surface area contributed by atoms with E-state index in [1.165, 1.54) is 12.1 Å². The van der Waals surface area contributed by atoms with E-state index in [-0.39, 0.29) is 11.5 Å². The van der Waals surface area contributed by atoms with Crippen LogP contribution in [0.2, 0.25) is 0 Å². The average molecular weight is 294 g/mol. The lowest BCUT2D eigenvalue weighted by atomic mass is 10.2. The summed E-state index contributed by atoms with van der Waals surface area (Å²) < 4.78 is 24.1. The highest BCUT2D eigenvalue weighted by Gasteiger charge is 2.31. The first kappa shape index (κ1) is 13.2. The molecule has 0 saturated heterocycles. The molecule has 1 heterocycles. The summed E-state index contributed by atoms with van der Waals surface area (Å²) in [6.45, 7) is -0.152. The highest BCUT2D eigenvalue weighted by atomic mass is 32.2. The molecule has 2 aromatic rings. The Kier molecular flexibility index (Phi) is 3.08. The predicted molar refractivity (Wildman–Crippen MR) is 70.6 cm³/mol. The van der Waals surface area contributed by atoms with Gasteiger partial charge in [-0.25, -0.2) is 18.2 Å². The molecule has 20 heavy (non-hydrogen) atoms. The number of aliphatic hydroxyl groups excluding tert-OH is 1. The zero-order valence-electron chi connectivity index (χ0n) is 10.6. The summed E-state index contributed by atoms with van der Waals surface area (Å²) in [5, 5.41) is 22.4. The lowest BCUT2D eigenvalue weighted by Gasteiger charge is -2.07. The molecule has 0 aliphatic heterocycles. The molecule has 0 spiro atoms. The van der Waals surface area contributed by atoms with Crippen molar-refractivity contribution in [2.75, 3.05) is 0 Å². The number of aromatic nitrogens is 3. The molecule has 1 aliphatic carbocycles. The molecule has 8 heteroatoms. The van der Waals surface area contributed by atoms with Crippen LogP contribution in [-0.4, -0.2) is 28.5 Å². The number of hydrogen-bond donors (Lipinski definition) is 2. The summed E-state index contributed by atoms with van der Waals surface area (Å²) in [4.78, 5) is 0.0525. The zero-order chi connectivity index (χ0) is 14.3. The molecule has 1 aromatic heterocycles. The van der Waals surface area contributed by atoms with E-state index in [9.17, 15) is 13.5 Å². The van der Waals surface area contributed by atoms with Crippen molar-refractivity contribution in [3.8, 4) is 5.69 Å². The quantitative estimate of drug-likeness (QED) is 0.841. The number of benzene rings is 1. The summed E-state index contributed by atoms with van der Waals surface area (Å²) in [5.74, 6) is 0.366. The topological polar surface area (TPSA) is 111 Å². The highest BCUT2D eigenvalue weighted by molar-refractivity contribution is 7.89. The van der Waals surface area contributed by atoms with Crippen molar-refractivity contribution in [3.05, 3.63) is 35.7 Å². The van der Waals surface area contributed by atoms with Crippen molar-refractivity contribution in [3.63, 3.8) is 0 Å². The lowest BCUT2D eigenvalue weighted by molar-refractivity contribution is 0.275. The van der Waals surface area contributed by atoms with E-state index in [4.69, 9.17) is 5.14 Å². The summed E-state index contributed by atoms with van der Waals surface area (Å²) in [7, 11) is -3.70. The second-order valence-electron chi connectivity index (χ2n) is 4.80. The first-order valence-corrected chi connectivity index (χ1v) is 7.74. The second kappa shape index (κ2) is 4.65. The number of rotatable bonds is 4. The molecule has 0 amide bonds. The van der Waals surface area contributed by atoms with Gasteiger partial charge in [-0.1, -0.05) is 5.21 Å². The molecule has 0 unspecified atom stereocenters. The molecular weight excluding hydrogens is 280 g/mol. The second-order valence-corrected chi connectivity index (χ2v) is 6.37. The fourth-order valence-electron chi connectivity index (χ4n) is 2.17. The van der Waals surface area contributed by atoms with Crippen molar-refractivity contribution < 1.29 is 13.5 Å². The first-order chi connectivity index (χ1) is 9.50. The van der Waals surface area contributed by atoms with E-state index >= 15 is 0 Å². The van der Waals surface area contributed by atoms with E-state index in [0.29, 0.717) is 17.3 Å². The monoisotopic (exact) mass is 294 g/mol. The van der Waals surface area contributed by atoms with Crippen LogP contribution in [0.1, 0.15) is 30.1 Å². The standard InChI is InChI=1S/C12H14N4O3S/c13-20(18,19)10-5-3-9(4-6-10)16-12(8-1-2-8)11(7-17)14-15-16/h3-6,8,17H,1-2,7H2,(H2,13,18,19). The van der Waals surface area contributed by atoms with Crippen LogP contribution < -0.4 is 5.14 Å². The van der Waals surface area contributed by atoms with Crippen molar-refractivity contribution in [2.24, 2.45) is 5.14 Å². The van der Waals surface area contributed by atoms with Crippen LogP contribution in [0.4, 0.5) is 0 Å². The predicted octanol–water partition coefficient (Wildman–Crippen LogP) is 0.284. The molecule has 0 radical (unpaired) electrons.